The van der Waals surface area contributed by atoms with E-state index in [0.717, 1.165) is 0 Å². The van der Waals surface area contributed by atoms with Gasteiger partial charge >= 0.3 is 0 Å². The second kappa shape index (κ2) is 3.30. The first-order valence-electron chi connectivity index (χ1n) is 3.73. The van der Waals surface area contributed by atoms with Gasteiger partial charge in [-0.25, -0.2) is 9.07 Å². The minimum atomic E-state index is -0.300. The third-order valence-electron chi connectivity index (χ3n) is 1.68. The van der Waals surface area contributed by atoms with Crippen LogP contribution in [0.3, 0.4) is 0 Å². The number of nitrogens with zero attached hydrogens (tertiary/aromatic N) is 2. The van der Waals surface area contributed by atoms with Gasteiger partial charge < -0.3 is 0 Å². The van der Waals surface area contributed by atoms with Crippen molar-refractivity contribution in [3.05, 3.63) is 46.9 Å². The Labute approximate surface area is 83.1 Å². The van der Waals surface area contributed by atoms with Crippen molar-refractivity contribution < 1.29 is 4.39 Å². The van der Waals surface area contributed by atoms with Crippen LogP contribution in [0.2, 0.25) is 0 Å². The largest absolute Gasteiger partial charge is 0.238 e. The third kappa shape index (κ3) is 1.49. The number of aromatic nitrogens is 2. The molecule has 0 fully saturated rings. The molecule has 0 atom stereocenters. The molecule has 66 valence electrons. The second-order valence-corrected chi connectivity index (χ2v) is 3.38. The van der Waals surface area contributed by atoms with E-state index in [1.165, 1.54) is 4.68 Å². The molecule has 13 heavy (non-hydrogen) atoms. The van der Waals surface area contributed by atoms with E-state index in [0.29, 0.717) is 10.2 Å². The molecule has 2 aromatic rings. The maximum absolute atomic E-state index is 13.5. The van der Waals surface area contributed by atoms with Crippen LogP contribution < -0.4 is 0 Å². The summed E-state index contributed by atoms with van der Waals surface area (Å²) >= 11 is 3.12. The highest BCUT2D eigenvalue weighted by atomic mass is 79.9. The van der Waals surface area contributed by atoms with Gasteiger partial charge in [-0.05, 0) is 34.1 Å². The van der Waals surface area contributed by atoms with E-state index in [1.807, 2.05) is 0 Å². The summed E-state index contributed by atoms with van der Waals surface area (Å²) in [5.41, 5.74) is 0.444. The van der Waals surface area contributed by atoms with Crippen LogP contribution in [-0.4, -0.2) is 9.78 Å². The fraction of sp³-hybridized carbons (Fsp3) is 0. The molecule has 1 heterocycles. The minimum absolute atomic E-state index is 0.300. The molecule has 0 saturated heterocycles. The van der Waals surface area contributed by atoms with E-state index in [9.17, 15) is 4.39 Å². The molecule has 1 aromatic heterocycles. The summed E-state index contributed by atoms with van der Waals surface area (Å²) in [6, 6.07) is 6.85. The van der Waals surface area contributed by atoms with Crippen LogP contribution in [0.15, 0.2) is 41.1 Å². The highest BCUT2D eigenvalue weighted by molar-refractivity contribution is 9.10. The molecule has 0 radical (unpaired) electrons. The molecule has 4 heteroatoms. The Hall–Kier alpha value is -1.16. The van der Waals surface area contributed by atoms with E-state index in [1.54, 1.807) is 36.7 Å². The molecule has 0 aliphatic carbocycles. The van der Waals surface area contributed by atoms with E-state index < -0.39 is 0 Å². The quantitative estimate of drug-likeness (QED) is 0.750. The molecule has 2 nitrogen and oxygen atoms in total. The Balaban J connectivity index is 2.59. The smallest absolute Gasteiger partial charge is 0.162 e. The highest BCUT2D eigenvalue weighted by Gasteiger charge is 2.06. The maximum atomic E-state index is 13.5. The van der Waals surface area contributed by atoms with Crippen molar-refractivity contribution in [3.63, 3.8) is 0 Å². The van der Waals surface area contributed by atoms with E-state index in [2.05, 4.69) is 21.0 Å². The topological polar surface area (TPSA) is 17.8 Å². The van der Waals surface area contributed by atoms with Crippen molar-refractivity contribution in [3.8, 4) is 5.69 Å². The summed E-state index contributed by atoms with van der Waals surface area (Å²) in [7, 11) is 0. The predicted molar refractivity (Wildman–Crippen MR) is 51.2 cm³/mol. The van der Waals surface area contributed by atoms with Crippen LogP contribution in [0.5, 0.6) is 0 Å². The molecule has 0 spiro atoms. The van der Waals surface area contributed by atoms with Gasteiger partial charge in [0.25, 0.3) is 0 Å². The zero-order valence-electron chi connectivity index (χ0n) is 6.61. The SMILES string of the molecule is Fc1c(Br)cccc1-n1cccn1. The van der Waals surface area contributed by atoms with Crippen molar-refractivity contribution in [1.82, 2.24) is 9.78 Å². The van der Waals surface area contributed by atoms with Gasteiger partial charge in [-0.15, -0.1) is 0 Å². The molecule has 0 amide bonds. The molecule has 0 aliphatic rings. The number of hydrogen-bond donors (Lipinski definition) is 0. The normalized spacial score (nSPS) is 10.3. The maximum Gasteiger partial charge on any atom is 0.162 e. The third-order valence-corrected chi connectivity index (χ3v) is 2.29. The first kappa shape index (κ1) is 8.44. The van der Waals surface area contributed by atoms with Crippen molar-refractivity contribution in [2.45, 2.75) is 0 Å². The summed E-state index contributed by atoms with van der Waals surface area (Å²) in [6.45, 7) is 0. The van der Waals surface area contributed by atoms with Gasteiger partial charge in [-0.2, -0.15) is 5.10 Å². The fourth-order valence-corrected chi connectivity index (χ4v) is 1.44. The summed E-state index contributed by atoms with van der Waals surface area (Å²) in [5.74, 6) is -0.300. The monoisotopic (exact) mass is 240 g/mol. The number of rotatable bonds is 1. The summed E-state index contributed by atoms with van der Waals surface area (Å²) < 4.78 is 15.4. The standard InChI is InChI=1S/C9H6BrFN2/c10-7-3-1-4-8(9(7)11)13-6-2-5-12-13/h1-6H. The van der Waals surface area contributed by atoms with Gasteiger partial charge in [-0.3, -0.25) is 0 Å². The molecule has 0 aliphatic heterocycles. The second-order valence-electron chi connectivity index (χ2n) is 2.52. The van der Waals surface area contributed by atoms with Gasteiger partial charge in [0, 0.05) is 12.4 Å². The minimum Gasteiger partial charge on any atom is -0.238 e. The predicted octanol–water partition coefficient (Wildman–Crippen LogP) is 2.77. The van der Waals surface area contributed by atoms with E-state index in [4.69, 9.17) is 0 Å². The number of benzene rings is 1. The lowest BCUT2D eigenvalue weighted by atomic mass is 10.3. The first-order valence-corrected chi connectivity index (χ1v) is 4.52. The van der Waals surface area contributed by atoms with Crippen molar-refractivity contribution >= 4 is 15.9 Å². The zero-order valence-corrected chi connectivity index (χ0v) is 8.20. The van der Waals surface area contributed by atoms with Crippen LogP contribution in [0.25, 0.3) is 5.69 Å². The Kier molecular flexibility index (Phi) is 2.14. The van der Waals surface area contributed by atoms with Crippen LogP contribution in [0, 0.1) is 5.82 Å². The molecule has 1 aromatic carbocycles. The molecule has 0 unspecified atom stereocenters. The van der Waals surface area contributed by atoms with Crippen LogP contribution in [-0.2, 0) is 0 Å². The Morgan fingerprint density at radius 2 is 2.15 bits per heavy atom. The fourth-order valence-electron chi connectivity index (χ4n) is 1.08. The highest BCUT2D eigenvalue weighted by Crippen LogP contribution is 2.20. The molecule has 0 N–H and O–H groups in total. The van der Waals surface area contributed by atoms with E-state index in [-0.39, 0.29) is 5.82 Å². The molecular formula is C9H6BrFN2. The average Bonchev–Trinajstić information content (AvgIpc) is 2.62. The van der Waals surface area contributed by atoms with Gasteiger partial charge in [0.05, 0.1) is 4.47 Å². The summed E-state index contributed by atoms with van der Waals surface area (Å²) in [6.07, 6.45) is 3.31. The molecule has 0 bridgehead atoms. The first-order chi connectivity index (χ1) is 6.29. The molecule has 0 saturated carbocycles. The lowest BCUT2D eigenvalue weighted by Crippen LogP contribution is -1.97. The van der Waals surface area contributed by atoms with Gasteiger partial charge in [-0.1, -0.05) is 6.07 Å². The van der Waals surface area contributed by atoms with Crippen molar-refractivity contribution in [2.75, 3.05) is 0 Å². The molecular weight excluding hydrogens is 235 g/mol. The van der Waals surface area contributed by atoms with Gasteiger partial charge in [0.2, 0.25) is 0 Å². The van der Waals surface area contributed by atoms with Gasteiger partial charge in [0.1, 0.15) is 5.69 Å². The summed E-state index contributed by atoms with van der Waals surface area (Å²) in [4.78, 5) is 0. The van der Waals surface area contributed by atoms with Gasteiger partial charge in [0.15, 0.2) is 5.82 Å². The zero-order chi connectivity index (χ0) is 9.26. The van der Waals surface area contributed by atoms with E-state index >= 15 is 0 Å². The van der Waals surface area contributed by atoms with Crippen molar-refractivity contribution in [2.24, 2.45) is 0 Å². The number of halogens is 2. The number of hydrogen-bond acceptors (Lipinski definition) is 1. The van der Waals surface area contributed by atoms with Crippen molar-refractivity contribution in [1.29, 1.82) is 0 Å². The Morgan fingerprint density at radius 1 is 1.31 bits per heavy atom. The Morgan fingerprint density at radius 3 is 2.85 bits per heavy atom. The summed E-state index contributed by atoms with van der Waals surface area (Å²) in [5, 5.41) is 3.94. The van der Waals surface area contributed by atoms with Crippen LogP contribution in [0.4, 0.5) is 4.39 Å². The van der Waals surface area contributed by atoms with Crippen LogP contribution >= 0.6 is 15.9 Å². The average molecular weight is 241 g/mol. The Bertz CT molecular complexity index is 412. The lowest BCUT2D eigenvalue weighted by molar-refractivity contribution is 0.604. The lowest BCUT2D eigenvalue weighted by Gasteiger charge is -2.03. The molecule has 2 rings (SSSR count). The van der Waals surface area contributed by atoms with Crippen LogP contribution in [0.1, 0.15) is 0 Å².